The zero-order chi connectivity index (χ0) is 17.3. The number of nitrogens with one attached hydrogen (secondary N) is 2. The van der Waals surface area contributed by atoms with Gasteiger partial charge in [0.05, 0.1) is 9.82 Å². The predicted molar refractivity (Wildman–Crippen MR) is 82.5 cm³/mol. The molecule has 0 bridgehead atoms. The zero-order valence-corrected chi connectivity index (χ0v) is 13.5. The summed E-state index contributed by atoms with van der Waals surface area (Å²) in [5, 5.41) is 13.2. The van der Waals surface area contributed by atoms with Crippen LogP contribution in [0.5, 0.6) is 0 Å². The summed E-state index contributed by atoms with van der Waals surface area (Å²) < 4.78 is 31.0. The number of unbranched alkanes of at least 4 members (excludes halogenated alkanes) is 1. The highest BCUT2D eigenvalue weighted by molar-refractivity contribution is 7.89. The van der Waals surface area contributed by atoms with Crippen LogP contribution < -0.4 is 10.0 Å². The molecule has 1 aromatic carbocycles. The van der Waals surface area contributed by atoms with Crippen molar-refractivity contribution >= 4 is 21.8 Å². The van der Waals surface area contributed by atoms with Gasteiger partial charge < -0.3 is 10.1 Å². The molecule has 9 nitrogen and oxygen atoms in total. The first kappa shape index (κ1) is 18.8. The predicted octanol–water partition coefficient (Wildman–Crippen LogP) is 1.40. The van der Waals surface area contributed by atoms with Crippen LogP contribution in [0.15, 0.2) is 29.2 Å². The van der Waals surface area contributed by atoms with E-state index in [1.165, 1.54) is 18.2 Å². The highest BCUT2D eigenvalue weighted by atomic mass is 32.2. The third-order valence-corrected chi connectivity index (χ3v) is 4.22. The first-order valence-corrected chi connectivity index (χ1v) is 8.50. The molecule has 23 heavy (non-hydrogen) atoms. The molecule has 0 saturated heterocycles. The van der Waals surface area contributed by atoms with E-state index in [0.29, 0.717) is 6.54 Å². The van der Waals surface area contributed by atoms with E-state index in [4.69, 9.17) is 4.74 Å². The van der Waals surface area contributed by atoms with E-state index in [2.05, 4.69) is 10.0 Å². The lowest BCUT2D eigenvalue weighted by Gasteiger charge is -2.08. The summed E-state index contributed by atoms with van der Waals surface area (Å²) in [6.07, 6.45) is 1.14. The first-order chi connectivity index (χ1) is 10.9. The zero-order valence-electron chi connectivity index (χ0n) is 12.6. The van der Waals surface area contributed by atoms with Crippen molar-refractivity contribution in [3.63, 3.8) is 0 Å². The van der Waals surface area contributed by atoms with Gasteiger partial charge in [-0.1, -0.05) is 19.4 Å². The molecule has 128 valence electrons. The molecule has 2 N–H and O–H groups in total. The quantitative estimate of drug-likeness (QED) is 0.395. The number of carbonyl (C=O) groups is 1. The average molecular weight is 345 g/mol. The van der Waals surface area contributed by atoms with Crippen molar-refractivity contribution in [2.75, 3.05) is 19.7 Å². The molecule has 0 unspecified atom stereocenters. The van der Waals surface area contributed by atoms with Crippen LogP contribution in [0.25, 0.3) is 0 Å². The van der Waals surface area contributed by atoms with Crippen molar-refractivity contribution < 1.29 is 22.9 Å². The molecule has 0 aliphatic rings. The maximum absolute atomic E-state index is 12.0. The van der Waals surface area contributed by atoms with Gasteiger partial charge in [-0.2, -0.15) is 0 Å². The van der Waals surface area contributed by atoms with E-state index in [9.17, 15) is 23.3 Å². The number of carbonyl (C=O) groups excluding carboxylic acids is 1. The maximum atomic E-state index is 12.0. The van der Waals surface area contributed by atoms with Crippen LogP contribution in [-0.4, -0.2) is 39.1 Å². The van der Waals surface area contributed by atoms with Crippen LogP contribution in [-0.2, 0) is 14.8 Å². The minimum Gasteiger partial charge on any atom is -0.448 e. The molecule has 1 rings (SSSR count). The highest BCUT2D eigenvalue weighted by Gasteiger charge is 2.17. The van der Waals surface area contributed by atoms with Crippen LogP contribution in [0.3, 0.4) is 0 Å². The molecule has 0 aliphatic carbocycles. The normalized spacial score (nSPS) is 11.0. The molecular weight excluding hydrogens is 326 g/mol. The Kier molecular flexibility index (Phi) is 7.42. The van der Waals surface area contributed by atoms with Crippen molar-refractivity contribution in [2.24, 2.45) is 0 Å². The second-order valence-electron chi connectivity index (χ2n) is 4.57. The summed E-state index contributed by atoms with van der Waals surface area (Å²) in [5.41, 5.74) is -0.320. The van der Waals surface area contributed by atoms with Gasteiger partial charge in [0, 0.05) is 25.2 Å². The standard InChI is InChI=1S/C13H19N3O6S/c1-2-3-7-14-13(17)22-9-8-15-23(20,21)12-6-4-5-11(10-12)16(18)19/h4-6,10,15H,2-3,7-9H2,1H3,(H,14,17). The van der Waals surface area contributed by atoms with E-state index < -0.39 is 21.0 Å². The molecule has 1 aromatic rings. The number of amides is 1. The van der Waals surface area contributed by atoms with Crippen molar-refractivity contribution in [3.05, 3.63) is 34.4 Å². The second-order valence-corrected chi connectivity index (χ2v) is 6.34. The number of nitro groups is 1. The van der Waals surface area contributed by atoms with Gasteiger partial charge in [-0.3, -0.25) is 10.1 Å². The Bertz CT molecular complexity index is 647. The van der Waals surface area contributed by atoms with Crippen molar-refractivity contribution in [2.45, 2.75) is 24.7 Å². The summed E-state index contributed by atoms with van der Waals surface area (Å²) >= 11 is 0. The van der Waals surface area contributed by atoms with Crippen LogP contribution in [0.1, 0.15) is 19.8 Å². The van der Waals surface area contributed by atoms with Crippen LogP contribution in [0.4, 0.5) is 10.5 Å². The Morgan fingerprint density at radius 1 is 1.35 bits per heavy atom. The highest BCUT2D eigenvalue weighted by Crippen LogP contribution is 2.16. The van der Waals surface area contributed by atoms with E-state index in [1.807, 2.05) is 6.92 Å². The Morgan fingerprint density at radius 2 is 2.09 bits per heavy atom. The Morgan fingerprint density at radius 3 is 2.74 bits per heavy atom. The molecule has 0 fully saturated rings. The molecule has 0 atom stereocenters. The maximum Gasteiger partial charge on any atom is 0.407 e. The van der Waals surface area contributed by atoms with Crippen LogP contribution in [0, 0.1) is 10.1 Å². The number of hydrogen-bond acceptors (Lipinski definition) is 6. The smallest absolute Gasteiger partial charge is 0.407 e. The van der Waals surface area contributed by atoms with Gasteiger partial charge in [-0.25, -0.2) is 17.9 Å². The minimum absolute atomic E-state index is 0.133. The number of sulfonamides is 1. The fourth-order valence-corrected chi connectivity index (χ4v) is 2.64. The molecular formula is C13H19N3O6S. The van der Waals surface area contributed by atoms with Crippen molar-refractivity contribution in [3.8, 4) is 0 Å². The van der Waals surface area contributed by atoms with Crippen molar-refractivity contribution in [1.29, 1.82) is 0 Å². The Labute approximate surface area is 134 Å². The summed E-state index contributed by atoms with van der Waals surface area (Å²) in [4.78, 5) is 21.0. The average Bonchev–Trinajstić information content (AvgIpc) is 2.52. The third kappa shape index (κ3) is 6.61. The summed E-state index contributed by atoms with van der Waals surface area (Å²) in [7, 11) is -3.90. The summed E-state index contributed by atoms with van der Waals surface area (Å²) in [5.74, 6) is 0. The van der Waals surface area contributed by atoms with Gasteiger partial charge in [0.1, 0.15) is 6.61 Å². The Balaban J connectivity index is 2.46. The molecule has 0 spiro atoms. The van der Waals surface area contributed by atoms with E-state index in [0.717, 1.165) is 18.9 Å². The second kappa shape index (κ2) is 9.06. The minimum atomic E-state index is -3.90. The lowest BCUT2D eigenvalue weighted by Crippen LogP contribution is -2.31. The fraction of sp³-hybridized carbons (Fsp3) is 0.462. The van der Waals surface area contributed by atoms with Crippen LogP contribution >= 0.6 is 0 Å². The van der Waals surface area contributed by atoms with Gasteiger partial charge in [0.15, 0.2) is 0 Å². The van der Waals surface area contributed by atoms with E-state index in [1.54, 1.807) is 0 Å². The first-order valence-electron chi connectivity index (χ1n) is 7.01. The van der Waals surface area contributed by atoms with Crippen molar-refractivity contribution in [1.82, 2.24) is 10.0 Å². The van der Waals surface area contributed by atoms with Gasteiger partial charge in [0.25, 0.3) is 5.69 Å². The van der Waals surface area contributed by atoms with Crippen LogP contribution in [0.2, 0.25) is 0 Å². The lowest BCUT2D eigenvalue weighted by atomic mass is 10.3. The van der Waals surface area contributed by atoms with E-state index >= 15 is 0 Å². The SMILES string of the molecule is CCCCNC(=O)OCCNS(=O)(=O)c1cccc([N+](=O)[O-])c1. The number of benzene rings is 1. The van der Waals surface area contributed by atoms with Gasteiger partial charge in [-0.15, -0.1) is 0 Å². The molecule has 0 heterocycles. The molecule has 0 aromatic heterocycles. The summed E-state index contributed by atoms with van der Waals surface area (Å²) in [6, 6.07) is 4.68. The summed E-state index contributed by atoms with van der Waals surface area (Å²) in [6.45, 7) is 2.20. The molecule has 0 aliphatic heterocycles. The largest absolute Gasteiger partial charge is 0.448 e. The number of ether oxygens (including phenoxy) is 1. The monoisotopic (exact) mass is 345 g/mol. The van der Waals surface area contributed by atoms with Gasteiger partial charge >= 0.3 is 6.09 Å². The number of non-ortho nitro benzene ring substituents is 1. The topological polar surface area (TPSA) is 128 Å². The molecule has 0 saturated carbocycles. The number of rotatable bonds is 9. The number of alkyl carbamates (subject to hydrolysis) is 1. The molecule has 10 heteroatoms. The lowest BCUT2D eigenvalue weighted by molar-refractivity contribution is -0.385. The van der Waals surface area contributed by atoms with E-state index in [-0.39, 0.29) is 23.7 Å². The van der Waals surface area contributed by atoms with Gasteiger partial charge in [0.2, 0.25) is 10.0 Å². The third-order valence-electron chi connectivity index (χ3n) is 2.77. The Hall–Kier alpha value is -2.20. The fourth-order valence-electron chi connectivity index (χ4n) is 1.59. The molecule has 0 radical (unpaired) electrons. The molecule has 1 amide bonds. The van der Waals surface area contributed by atoms with Gasteiger partial charge in [-0.05, 0) is 12.5 Å². The number of nitro benzene ring substituents is 1. The number of hydrogen-bond donors (Lipinski definition) is 2. The number of nitrogens with zero attached hydrogens (tertiary/aromatic N) is 1.